The van der Waals surface area contributed by atoms with Crippen LogP contribution >= 0.6 is 11.3 Å². The third-order valence-corrected chi connectivity index (χ3v) is 4.69. The number of carbonyl (C=O) groups is 1. The van der Waals surface area contributed by atoms with Crippen molar-refractivity contribution < 1.29 is 4.79 Å². The molecule has 1 aliphatic rings. The van der Waals surface area contributed by atoms with E-state index in [4.69, 9.17) is 0 Å². The first-order valence-electron chi connectivity index (χ1n) is 7.36. The van der Waals surface area contributed by atoms with Crippen molar-refractivity contribution in [1.29, 1.82) is 0 Å². The minimum Gasteiger partial charge on any atom is -0.342 e. The highest BCUT2D eigenvalue weighted by Gasteiger charge is 2.21. The van der Waals surface area contributed by atoms with Crippen molar-refractivity contribution in [3.8, 4) is 10.7 Å². The molecule has 1 fully saturated rings. The van der Waals surface area contributed by atoms with Gasteiger partial charge in [0.05, 0.1) is 17.8 Å². The molecule has 0 saturated carbocycles. The predicted octanol–water partition coefficient (Wildman–Crippen LogP) is 3.01. The number of rotatable bonds is 3. The van der Waals surface area contributed by atoms with Crippen molar-refractivity contribution in [2.45, 2.75) is 26.2 Å². The number of carbonyl (C=O) groups excluding carboxylic acids is 1. The summed E-state index contributed by atoms with van der Waals surface area (Å²) in [5.41, 5.74) is 1.72. The Morgan fingerprint density at radius 1 is 1.48 bits per heavy atom. The maximum absolute atomic E-state index is 12.3. The molecule has 1 amide bonds. The van der Waals surface area contributed by atoms with Crippen LogP contribution in [0.3, 0.4) is 0 Å². The summed E-state index contributed by atoms with van der Waals surface area (Å²) < 4.78 is 0. The van der Waals surface area contributed by atoms with Crippen molar-refractivity contribution in [1.82, 2.24) is 14.9 Å². The molecule has 0 aromatic carbocycles. The van der Waals surface area contributed by atoms with Crippen LogP contribution in [0.15, 0.2) is 29.8 Å². The standard InChI is InChI=1S/C16H19N3OS/c1-12-5-4-8-19(10-12)15(20)9-13-11-21-16(18-13)14-6-2-3-7-17-14/h2-3,6-7,11-12H,4-5,8-10H2,1H3/t12-/m1/s1. The summed E-state index contributed by atoms with van der Waals surface area (Å²) in [6, 6.07) is 5.78. The van der Waals surface area contributed by atoms with Crippen molar-refractivity contribution in [2.75, 3.05) is 13.1 Å². The second kappa shape index (κ2) is 6.35. The van der Waals surface area contributed by atoms with E-state index in [1.54, 1.807) is 17.5 Å². The highest BCUT2D eigenvalue weighted by molar-refractivity contribution is 7.13. The minimum absolute atomic E-state index is 0.194. The van der Waals surface area contributed by atoms with E-state index in [1.165, 1.54) is 6.42 Å². The average Bonchev–Trinajstić information content (AvgIpc) is 2.97. The third-order valence-electron chi connectivity index (χ3n) is 3.78. The van der Waals surface area contributed by atoms with Crippen LogP contribution in [-0.4, -0.2) is 33.9 Å². The Labute approximate surface area is 128 Å². The van der Waals surface area contributed by atoms with Gasteiger partial charge in [-0.1, -0.05) is 13.0 Å². The van der Waals surface area contributed by atoms with Gasteiger partial charge in [-0.25, -0.2) is 4.98 Å². The monoisotopic (exact) mass is 301 g/mol. The van der Waals surface area contributed by atoms with E-state index < -0.39 is 0 Å². The Morgan fingerprint density at radius 2 is 2.38 bits per heavy atom. The van der Waals surface area contributed by atoms with Gasteiger partial charge in [0, 0.05) is 24.7 Å². The van der Waals surface area contributed by atoms with E-state index in [0.717, 1.165) is 35.9 Å². The lowest BCUT2D eigenvalue weighted by Crippen LogP contribution is -2.39. The molecule has 0 bridgehead atoms. The molecule has 4 nitrogen and oxygen atoms in total. The van der Waals surface area contributed by atoms with Crippen molar-refractivity contribution >= 4 is 17.2 Å². The molecule has 3 rings (SSSR count). The predicted molar refractivity (Wildman–Crippen MR) is 84.0 cm³/mol. The summed E-state index contributed by atoms with van der Waals surface area (Å²) in [4.78, 5) is 23.2. The van der Waals surface area contributed by atoms with Gasteiger partial charge in [-0.2, -0.15) is 0 Å². The van der Waals surface area contributed by atoms with Crippen molar-refractivity contribution in [3.63, 3.8) is 0 Å². The molecule has 0 unspecified atom stereocenters. The number of likely N-dealkylation sites (tertiary alicyclic amines) is 1. The number of hydrogen-bond acceptors (Lipinski definition) is 4. The smallest absolute Gasteiger partial charge is 0.228 e. The third kappa shape index (κ3) is 3.47. The highest BCUT2D eigenvalue weighted by Crippen LogP contribution is 2.22. The summed E-state index contributed by atoms with van der Waals surface area (Å²) in [5.74, 6) is 0.807. The zero-order chi connectivity index (χ0) is 14.7. The number of piperidine rings is 1. The molecule has 0 N–H and O–H groups in total. The van der Waals surface area contributed by atoms with Gasteiger partial charge in [0.25, 0.3) is 0 Å². The van der Waals surface area contributed by atoms with Gasteiger partial charge in [-0.05, 0) is 30.9 Å². The van der Waals surface area contributed by atoms with Crippen LogP contribution in [0.2, 0.25) is 0 Å². The molecule has 2 aromatic rings. The number of hydrogen-bond donors (Lipinski definition) is 0. The van der Waals surface area contributed by atoms with Gasteiger partial charge in [-0.15, -0.1) is 11.3 Å². The number of thiazole rings is 1. The Hall–Kier alpha value is -1.75. The number of nitrogens with zero attached hydrogens (tertiary/aromatic N) is 3. The molecule has 0 spiro atoms. The number of pyridine rings is 1. The molecule has 0 aliphatic carbocycles. The van der Waals surface area contributed by atoms with Gasteiger partial charge in [0.1, 0.15) is 5.01 Å². The second-order valence-electron chi connectivity index (χ2n) is 5.62. The lowest BCUT2D eigenvalue weighted by atomic mass is 10.00. The first kappa shape index (κ1) is 14.2. The Balaban J connectivity index is 1.66. The second-order valence-corrected chi connectivity index (χ2v) is 6.48. The molecular formula is C16H19N3OS. The van der Waals surface area contributed by atoms with Crippen LogP contribution in [0.4, 0.5) is 0 Å². The molecule has 3 heterocycles. The van der Waals surface area contributed by atoms with Gasteiger partial charge >= 0.3 is 0 Å². The maximum atomic E-state index is 12.3. The van der Waals surface area contributed by atoms with Crippen LogP contribution in [0.25, 0.3) is 10.7 Å². The fourth-order valence-electron chi connectivity index (χ4n) is 2.68. The Morgan fingerprint density at radius 3 is 3.14 bits per heavy atom. The van der Waals surface area contributed by atoms with Crippen LogP contribution in [0, 0.1) is 5.92 Å². The zero-order valence-electron chi connectivity index (χ0n) is 12.2. The fourth-order valence-corrected chi connectivity index (χ4v) is 3.47. The van der Waals surface area contributed by atoms with Crippen LogP contribution < -0.4 is 0 Å². The van der Waals surface area contributed by atoms with Gasteiger partial charge in [0.2, 0.25) is 5.91 Å². The lowest BCUT2D eigenvalue weighted by molar-refractivity contribution is -0.132. The van der Waals surface area contributed by atoms with Gasteiger partial charge in [0.15, 0.2) is 0 Å². The van der Waals surface area contributed by atoms with Gasteiger partial charge in [-0.3, -0.25) is 9.78 Å². The van der Waals surface area contributed by atoms with E-state index in [9.17, 15) is 4.79 Å². The molecule has 0 radical (unpaired) electrons. The quantitative estimate of drug-likeness (QED) is 0.875. The number of aromatic nitrogens is 2. The van der Waals surface area contributed by atoms with Crippen LogP contribution in [-0.2, 0) is 11.2 Å². The van der Waals surface area contributed by atoms with Crippen molar-refractivity contribution in [3.05, 3.63) is 35.5 Å². The van der Waals surface area contributed by atoms with E-state index in [1.807, 2.05) is 28.5 Å². The molecule has 5 heteroatoms. The molecule has 1 atom stereocenters. The maximum Gasteiger partial charge on any atom is 0.228 e. The summed E-state index contributed by atoms with van der Waals surface area (Å²) in [5, 5.41) is 2.85. The zero-order valence-corrected chi connectivity index (χ0v) is 13.0. The first-order valence-corrected chi connectivity index (χ1v) is 8.24. The summed E-state index contributed by atoms with van der Waals surface area (Å²) >= 11 is 1.55. The normalized spacial score (nSPS) is 18.7. The summed E-state index contributed by atoms with van der Waals surface area (Å²) in [6.07, 6.45) is 4.50. The molecule has 21 heavy (non-hydrogen) atoms. The average molecular weight is 301 g/mol. The summed E-state index contributed by atoms with van der Waals surface area (Å²) in [6.45, 7) is 3.98. The SMILES string of the molecule is C[C@@H]1CCCN(C(=O)Cc2csc(-c3ccccn3)n2)C1. The minimum atomic E-state index is 0.194. The molecule has 2 aromatic heterocycles. The van der Waals surface area contributed by atoms with E-state index >= 15 is 0 Å². The van der Waals surface area contributed by atoms with Crippen molar-refractivity contribution in [2.24, 2.45) is 5.92 Å². The first-order chi connectivity index (χ1) is 10.2. The number of amides is 1. The van der Waals surface area contributed by atoms with Crippen LogP contribution in [0.5, 0.6) is 0 Å². The molecular weight excluding hydrogens is 282 g/mol. The Bertz CT molecular complexity index is 611. The van der Waals surface area contributed by atoms with E-state index in [-0.39, 0.29) is 5.91 Å². The summed E-state index contributed by atoms with van der Waals surface area (Å²) in [7, 11) is 0. The Kier molecular flexibility index (Phi) is 4.29. The lowest BCUT2D eigenvalue weighted by Gasteiger charge is -2.30. The van der Waals surface area contributed by atoms with E-state index in [0.29, 0.717) is 12.3 Å². The highest BCUT2D eigenvalue weighted by atomic mass is 32.1. The van der Waals surface area contributed by atoms with Crippen LogP contribution in [0.1, 0.15) is 25.5 Å². The topological polar surface area (TPSA) is 46.1 Å². The fraction of sp³-hybridized carbons (Fsp3) is 0.438. The molecule has 1 saturated heterocycles. The largest absolute Gasteiger partial charge is 0.342 e. The molecule has 110 valence electrons. The van der Waals surface area contributed by atoms with Gasteiger partial charge < -0.3 is 4.90 Å². The van der Waals surface area contributed by atoms with E-state index in [2.05, 4.69) is 16.9 Å². The molecule has 1 aliphatic heterocycles.